The molecule has 8 heteroatoms. The molecule has 0 aliphatic heterocycles. The van der Waals surface area contributed by atoms with E-state index in [2.05, 4.69) is 39.6 Å². The van der Waals surface area contributed by atoms with Crippen LogP contribution in [0.1, 0.15) is 18.7 Å². The summed E-state index contributed by atoms with van der Waals surface area (Å²) in [7, 11) is 0. The Morgan fingerprint density at radius 3 is 2.83 bits per heavy atom. The number of anilines is 2. The van der Waals surface area contributed by atoms with Gasteiger partial charge in [0, 0.05) is 19.3 Å². The lowest BCUT2D eigenvalue weighted by Gasteiger charge is -2.16. The fourth-order valence-corrected chi connectivity index (χ4v) is 2.92. The Bertz CT molecular complexity index is 682. The van der Waals surface area contributed by atoms with Crippen LogP contribution in [0.15, 0.2) is 35.6 Å². The van der Waals surface area contributed by atoms with Crippen molar-refractivity contribution in [2.75, 3.05) is 23.3 Å². The molecular weight excluding hydrogens is 333 g/mol. The number of nitrogens with zero attached hydrogens (tertiary/aromatic N) is 3. The molecule has 0 spiro atoms. The lowest BCUT2D eigenvalue weighted by Crippen LogP contribution is -2.24. The van der Waals surface area contributed by atoms with Crippen LogP contribution in [0.25, 0.3) is 0 Å². The summed E-state index contributed by atoms with van der Waals surface area (Å²) in [4.78, 5) is 7.44. The summed E-state index contributed by atoms with van der Waals surface area (Å²) in [6.45, 7) is 6.01. The number of aromatic nitrogens is 1. The molecule has 0 aliphatic carbocycles. The maximum atomic E-state index is 13.5. The molecule has 1 aromatic carbocycles. The number of halogens is 1. The minimum Gasteiger partial charge on any atom is -0.349 e. The molecule has 0 saturated carbocycles. The smallest absolute Gasteiger partial charge is 0.191 e. The minimum atomic E-state index is -0.369. The van der Waals surface area contributed by atoms with Crippen LogP contribution >= 0.6 is 23.6 Å². The van der Waals surface area contributed by atoms with Gasteiger partial charge in [0.2, 0.25) is 0 Å². The predicted octanol–water partition coefficient (Wildman–Crippen LogP) is 3.45. The number of hydrazone groups is 1. The Morgan fingerprint density at radius 2 is 2.13 bits per heavy atom. The summed E-state index contributed by atoms with van der Waals surface area (Å²) in [5.41, 5.74) is 2.97. The summed E-state index contributed by atoms with van der Waals surface area (Å²) in [6, 6.07) is 6.31. The van der Waals surface area contributed by atoms with Crippen molar-refractivity contribution in [3.63, 3.8) is 0 Å². The van der Waals surface area contributed by atoms with Crippen molar-refractivity contribution in [1.82, 2.24) is 10.4 Å². The van der Waals surface area contributed by atoms with Gasteiger partial charge in [-0.25, -0.2) is 9.37 Å². The molecule has 2 aromatic rings. The van der Waals surface area contributed by atoms with Crippen molar-refractivity contribution >= 4 is 45.7 Å². The monoisotopic (exact) mass is 351 g/mol. The first-order chi connectivity index (χ1) is 11.1. The molecule has 0 bridgehead atoms. The van der Waals surface area contributed by atoms with E-state index >= 15 is 0 Å². The van der Waals surface area contributed by atoms with Gasteiger partial charge in [-0.3, -0.25) is 5.43 Å². The third-order valence-corrected chi connectivity index (χ3v) is 4.21. The van der Waals surface area contributed by atoms with Gasteiger partial charge >= 0.3 is 0 Å². The highest BCUT2D eigenvalue weighted by Crippen LogP contribution is 2.20. The van der Waals surface area contributed by atoms with Gasteiger partial charge in [0.15, 0.2) is 10.2 Å². The van der Waals surface area contributed by atoms with E-state index in [-0.39, 0.29) is 10.9 Å². The molecule has 0 amide bonds. The standard InChI is InChI=1S/C15H18FN5S2/c1-3-21(4-2)15-17-9-11(23-15)10-18-20-14(22)19-13-8-6-5-7-12(13)16/h5-10H,3-4H2,1-2H3,(H2,19,20,22)/b18-10-. The molecule has 0 radical (unpaired) electrons. The predicted molar refractivity (Wildman–Crippen MR) is 99.0 cm³/mol. The molecule has 0 saturated heterocycles. The van der Waals surface area contributed by atoms with Crippen LogP contribution < -0.4 is 15.6 Å². The Kier molecular flexibility index (Phi) is 6.42. The molecule has 5 nitrogen and oxygen atoms in total. The number of para-hydroxylation sites is 1. The van der Waals surface area contributed by atoms with Gasteiger partial charge < -0.3 is 10.2 Å². The first-order valence-corrected chi connectivity index (χ1v) is 8.41. The zero-order valence-corrected chi connectivity index (χ0v) is 14.5. The fourth-order valence-electron chi connectivity index (χ4n) is 1.84. The van der Waals surface area contributed by atoms with E-state index in [1.807, 2.05) is 0 Å². The Balaban J connectivity index is 1.89. The molecule has 23 heavy (non-hydrogen) atoms. The SMILES string of the molecule is CCN(CC)c1ncc(/C=N\NC(=S)Nc2ccccc2F)s1. The van der Waals surface area contributed by atoms with Crippen LogP contribution in [0.5, 0.6) is 0 Å². The molecule has 0 atom stereocenters. The molecule has 2 rings (SSSR count). The molecule has 1 heterocycles. The van der Waals surface area contributed by atoms with Crippen LogP contribution in [0.4, 0.5) is 15.2 Å². The maximum Gasteiger partial charge on any atom is 0.191 e. The average Bonchev–Trinajstić information content (AvgIpc) is 2.99. The minimum absolute atomic E-state index is 0.222. The van der Waals surface area contributed by atoms with Gasteiger partial charge in [-0.1, -0.05) is 23.5 Å². The highest BCUT2D eigenvalue weighted by Gasteiger charge is 2.06. The van der Waals surface area contributed by atoms with Gasteiger partial charge in [-0.05, 0) is 38.2 Å². The fraction of sp³-hybridized carbons (Fsp3) is 0.267. The lowest BCUT2D eigenvalue weighted by molar-refractivity contribution is 0.632. The number of hydrogen-bond acceptors (Lipinski definition) is 5. The van der Waals surface area contributed by atoms with Gasteiger partial charge in [-0.15, -0.1) is 0 Å². The van der Waals surface area contributed by atoms with E-state index in [0.29, 0.717) is 5.69 Å². The number of thiocarbonyl (C=S) groups is 1. The average molecular weight is 351 g/mol. The van der Waals surface area contributed by atoms with Crippen molar-refractivity contribution in [1.29, 1.82) is 0 Å². The van der Waals surface area contributed by atoms with Gasteiger partial charge in [0.1, 0.15) is 5.82 Å². The zero-order valence-electron chi connectivity index (χ0n) is 12.9. The van der Waals surface area contributed by atoms with Crippen molar-refractivity contribution in [2.45, 2.75) is 13.8 Å². The van der Waals surface area contributed by atoms with Crippen LogP contribution in [0.3, 0.4) is 0 Å². The summed E-state index contributed by atoms with van der Waals surface area (Å²) in [5, 5.41) is 7.98. The molecular formula is C15H18FN5S2. The number of benzene rings is 1. The largest absolute Gasteiger partial charge is 0.349 e. The molecule has 1 aromatic heterocycles. The van der Waals surface area contributed by atoms with E-state index in [1.165, 1.54) is 6.07 Å². The third kappa shape index (κ3) is 4.97. The Morgan fingerprint density at radius 1 is 1.39 bits per heavy atom. The summed E-state index contributed by atoms with van der Waals surface area (Å²) < 4.78 is 13.5. The second-order valence-electron chi connectivity index (χ2n) is 4.52. The van der Waals surface area contributed by atoms with E-state index in [4.69, 9.17) is 12.2 Å². The summed E-state index contributed by atoms with van der Waals surface area (Å²) >= 11 is 6.62. The second-order valence-corrected chi connectivity index (χ2v) is 5.97. The molecule has 0 fully saturated rings. The van der Waals surface area contributed by atoms with E-state index < -0.39 is 0 Å². The van der Waals surface area contributed by atoms with Crippen LogP contribution in [-0.4, -0.2) is 29.4 Å². The maximum absolute atomic E-state index is 13.5. The van der Waals surface area contributed by atoms with E-state index in [1.54, 1.807) is 41.9 Å². The second kappa shape index (κ2) is 8.54. The summed E-state index contributed by atoms with van der Waals surface area (Å²) in [5.74, 6) is -0.369. The van der Waals surface area contributed by atoms with Crippen LogP contribution in [0, 0.1) is 5.82 Å². The molecule has 2 N–H and O–H groups in total. The van der Waals surface area contributed by atoms with Gasteiger partial charge in [0.05, 0.1) is 16.8 Å². The van der Waals surface area contributed by atoms with Crippen molar-refractivity contribution < 1.29 is 4.39 Å². The number of nitrogens with one attached hydrogen (secondary N) is 2. The first kappa shape index (κ1) is 17.3. The normalized spacial score (nSPS) is 10.7. The van der Waals surface area contributed by atoms with Gasteiger partial charge in [0.25, 0.3) is 0 Å². The lowest BCUT2D eigenvalue weighted by atomic mass is 10.3. The number of thiazole rings is 1. The Labute approximate surface area is 144 Å². The molecule has 0 aliphatic rings. The number of rotatable bonds is 6. The highest BCUT2D eigenvalue weighted by molar-refractivity contribution is 7.80. The van der Waals surface area contributed by atoms with Crippen molar-refractivity contribution in [2.24, 2.45) is 5.10 Å². The topological polar surface area (TPSA) is 52.6 Å². The van der Waals surface area contributed by atoms with E-state index in [0.717, 1.165) is 23.1 Å². The zero-order chi connectivity index (χ0) is 16.7. The molecule has 0 unspecified atom stereocenters. The first-order valence-electron chi connectivity index (χ1n) is 7.19. The summed E-state index contributed by atoms with van der Waals surface area (Å²) in [6.07, 6.45) is 3.40. The van der Waals surface area contributed by atoms with E-state index in [9.17, 15) is 4.39 Å². The molecule has 122 valence electrons. The van der Waals surface area contributed by atoms with Crippen molar-refractivity contribution in [3.05, 3.63) is 41.2 Å². The number of hydrogen-bond donors (Lipinski definition) is 2. The van der Waals surface area contributed by atoms with Crippen LogP contribution in [-0.2, 0) is 0 Å². The highest BCUT2D eigenvalue weighted by atomic mass is 32.1. The van der Waals surface area contributed by atoms with Crippen molar-refractivity contribution in [3.8, 4) is 0 Å². The van der Waals surface area contributed by atoms with Gasteiger partial charge in [-0.2, -0.15) is 5.10 Å². The third-order valence-electron chi connectivity index (χ3n) is 3.03. The van der Waals surface area contributed by atoms with Crippen LogP contribution in [0.2, 0.25) is 0 Å². The quantitative estimate of drug-likeness (QED) is 0.474. The Hall–Kier alpha value is -2.06.